The Morgan fingerprint density at radius 2 is 1.97 bits per heavy atom. The first-order valence-electron chi connectivity index (χ1n) is 10.9. The van der Waals surface area contributed by atoms with Gasteiger partial charge in [0, 0.05) is 31.5 Å². The zero-order valence-electron chi connectivity index (χ0n) is 19.0. The average molecular weight is 527 g/mol. The van der Waals surface area contributed by atoms with E-state index in [1.54, 1.807) is 0 Å². The number of aliphatic imine (C=N–C) groups is 1. The van der Waals surface area contributed by atoms with Gasteiger partial charge in [-0.15, -0.1) is 24.0 Å². The minimum Gasteiger partial charge on any atom is -0.357 e. The molecule has 0 fully saturated rings. The van der Waals surface area contributed by atoms with Gasteiger partial charge in [-0.2, -0.15) is 0 Å². The molecule has 0 aliphatic carbocycles. The van der Waals surface area contributed by atoms with Crippen LogP contribution in [0.1, 0.15) is 51.7 Å². The van der Waals surface area contributed by atoms with Crippen molar-refractivity contribution in [3.05, 3.63) is 54.1 Å². The summed E-state index contributed by atoms with van der Waals surface area (Å²) in [5.41, 5.74) is 2.48. The minimum absolute atomic E-state index is 0. The fourth-order valence-corrected chi connectivity index (χ4v) is 3.37. The van der Waals surface area contributed by atoms with Crippen molar-refractivity contribution >= 4 is 29.9 Å². The number of hydrogen-bond donors (Lipinski definition) is 2. The van der Waals surface area contributed by atoms with Gasteiger partial charge >= 0.3 is 0 Å². The van der Waals surface area contributed by atoms with Crippen LogP contribution < -0.4 is 10.6 Å². The quantitative estimate of drug-likeness (QED) is 0.248. The monoisotopic (exact) mass is 526 g/mol. The van der Waals surface area contributed by atoms with E-state index in [4.69, 9.17) is 4.99 Å². The van der Waals surface area contributed by atoms with Gasteiger partial charge in [0.05, 0.1) is 12.9 Å². The molecular formula is C23H39IN6. The van der Waals surface area contributed by atoms with Crippen molar-refractivity contribution in [1.29, 1.82) is 0 Å². The molecular weight excluding hydrogens is 487 g/mol. The van der Waals surface area contributed by atoms with Crippen LogP contribution in [0.2, 0.25) is 0 Å². The van der Waals surface area contributed by atoms with Crippen molar-refractivity contribution in [1.82, 2.24) is 25.1 Å². The van der Waals surface area contributed by atoms with Gasteiger partial charge in [0.15, 0.2) is 5.96 Å². The lowest BCUT2D eigenvalue weighted by molar-refractivity contribution is 0.292. The molecule has 30 heavy (non-hydrogen) atoms. The molecule has 0 spiro atoms. The molecule has 2 N–H and O–H groups in total. The third kappa shape index (κ3) is 9.93. The number of rotatable bonds is 12. The number of halogens is 1. The lowest BCUT2D eigenvalue weighted by Gasteiger charge is -2.21. The molecule has 2 aromatic rings. The highest BCUT2D eigenvalue weighted by Gasteiger charge is 2.07. The van der Waals surface area contributed by atoms with Gasteiger partial charge in [-0.1, -0.05) is 38.1 Å². The number of nitrogens with one attached hydrogen (secondary N) is 2. The number of guanidine groups is 1. The fraction of sp³-hybridized carbons (Fsp3) is 0.565. The maximum atomic E-state index is 4.80. The molecule has 7 heteroatoms. The highest BCUT2D eigenvalue weighted by molar-refractivity contribution is 14.0. The van der Waals surface area contributed by atoms with E-state index >= 15 is 0 Å². The van der Waals surface area contributed by atoms with E-state index in [0.29, 0.717) is 12.6 Å². The summed E-state index contributed by atoms with van der Waals surface area (Å²) in [5.74, 6) is 0.892. The maximum Gasteiger partial charge on any atom is 0.191 e. The zero-order valence-corrected chi connectivity index (χ0v) is 21.3. The molecule has 0 bridgehead atoms. The van der Waals surface area contributed by atoms with Crippen molar-refractivity contribution in [2.45, 2.75) is 59.7 Å². The van der Waals surface area contributed by atoms with E-state index in [1.165, 1.54) is 17.5 Å². The summed E-state index contributed by atoms with van der Waals surface area (Å²) in [6.45, 7) is 14.6. The third-order valence-corrected chi connectivity index (χ3v) is 5.07. The van der Waals surface area contributed by atoms with Crippen molar-refractivity contribution in [2.24, 2.45) is 4.99 Å². The standard InChI is InChI=1S/C23H38N6.HI/c1-5-25-23(27-20(4)10-9-14-28(6-2)7-3)26-17-21-11-8-12-22(16-21)18-29-15-13-24-19-29;/h8,11-13,15-16,19-20H,5-7,9-10,14,17-18H2,1-4H3,(H2,25,26,27);1H. The number of hydrogen-bond acceptors (Lipinski definition) is 3. The Hall–Kier alpha value is -1.61. The largest absolute Gasteiger partial charge is 0.357 e. The van der Waals surface area contributed by atoms with E-state index in [1.807, 2.05) is 18.7 Å². The molecule has 6 nitrogen and oxygen atoms in total. The van der Waals surface area contributed by atoms with Crippen LogP contribution in [0.15, 0.2) is 48.0 Å². The summed E-state index contributed by atoms with van der Waals surface area (Å²) in [7, 11) is 0. The Bertz CT molecular complexity index is 712. The van der Waals surface area contributed by atoms with Crippen LogP contribution in [0.3, 0.4) is 0 Å². The molecule has 1 heterocycles. The molecule has 1 aromatic carbocycles. The summed E-state index contributed by atoms with van der Waals surface area (Å²) < 4.78 is 2.08. The fourth-order valence-electron chi connectivity index (χ4n) is 3.37. The zero-order chi connectivity index (χ0) is 20.9. The van der Waals surface area contributed by atoms with Crippen molar-refractivity contribution < 1.29 is 0 Å². The van der Waals surface area contributed by atoms with Gasteiger partial charge in [0.25, 0.3) is 0 Å². The molecule has 0 radical (unpaired) electrons. The van der Waals surface area contributed by atoms with Crippen LogP contribution in [-0.4, -0.2) is 52.6 Å². The Labute approximate surface area is 199 Å². The normalized spacial score (nSPS) is 12.5. The second kappa shape index (κ2) is 15.2. The van der Waals surface area contributed by atoms with Gasteiger partial charge in [-0.25, -0.2) is 9.98 Å². The molecule has 0 saturated carbocycles. The van der Waals surface area contributed by atoms with Crippen LogP contribution in [0.4, 0.5) is 0 Å². The van der Waals surface area contributed by atoms with E-state index in [0.717, 1.165) is 45.1 Å². The number of aromatic nitrogens is 2. The first-order chi connectivity index (χ1) is 14.1. The maximum absolute atomic E-state index is 4.80. The molecule has 0 aliphatic heterocycles. The number of benzene rings is 1. The van der Waals surface area contributed by atoms with Gasteiger partial charge in [-0.3, -0.25) is 0 Å². The number of imidazole rings is 1. The summed E-state index contributed by atoms with van der Waals surface area (Å²) in [6.07, 6.45) is 7.98. The van der Waals surface area contributed by atoms with E-state index in [2.05, 4.69) is 77.0 Å². The van der Waals surface area contributed by atoms with Crippen LogP contribution >= 0.6 is 24.0 Å². The smallest absolute Gasteiger partial charge is 0.191 e. The predicted octanol–water partition coefficient (Wildman–Crippen LogP) is 4.12. The third-order valence-electron chi connectivity index (χ3n) is 5.07. The molecule has 0 saturated heterocycles. The lowest BCUT2D eigenvalue weighted by Crippen LogP contribution is -2.42. The molecule has 168 valence electrons. The molecule has 0 aliphatic rings. The highest BCUT2D eigenvalue weighted by Crippen LogP contribution is 2.09. The molecule has 0 amide bonds. The summed E-state index contributed by atoms with van der Waals surface area (Å²) >= 11 is 0. The topological polar surface area (TPSA) is 57.5 Å². The van der Waals surface area contributed by atoms with Gasteiger partial charge in [-0.05, 0) is 57.5 Å². The predicted molar refractivity (Wildman–Crippen MR) is 138 cm³/mol. The van der Waals surface area contributed by atoms with E-state index in [9.17, 15) is 0 Å². The van der Waals surface area contributed by atoms with Crippen LogP contribution in [0.5, 0.6) is 0 Å². The first-order valence-corrected chi connectivity index (χ1v) is 10.9. The van der Waals surface area contributed by atoms with Crippen molar-refractivity contribution in [2.75, 3.05) is 26.2 Å². The number of nitrogens with zero attached hydrogens (tertiary/aromatic N) is 4. The second-order valence-electron chi connectivity index (χ2n) is 7.46. The molecule has 1 aromatic heterocycles. The Kier molecular flexibility index (Phi) is 13.4. The van der Waals surface area contributed by atoms with Gasteiger partial charge in [0.1, 0.15) is 0 Å². The molecule has 1 atom stereocenters. The van der Waals surface area contributed by atoms with Crippen LogP contribution in [-0.2, 0) is 13.1 Å². The van der Waals surface area contributed by atoms with Crippen LogP contribution in [0, 0.1) is 0 Å². The Balaban J connectivity index is 0.00000450. The Morgan fingerprint density at radius 3 is 2.63 bits per heavy atom. The first kappa shape index (κ1) is 26.4. The highest BCUT2D eigenvalue weighted by atomic mass is 127. The van der Waals surface area contributed by atoms with Crippen LogP contribution in [0.25, 0.3) is 0 Å². The van der Waals surface area contributed by atoms with Gasteiger partial charge < -0.3 is 20.1 Å². The van der Waals surface area contributed by atoms with E-state index in [-0.39, 0.29) is 24.0 Å². The van der Waals surface area contributed by atoms with Crippen molar-refractivity contribution in [3.63, 3.8) is 0 Å². The summed E-state index contributed by atoms with van der Waals surface area (Å²) in [4.78, 5) is 11.4. The molecule has 2 rings (SSSR count). The summed E-state index contributed by atoms with van der Waals surface area (Å²) in [5, 5.41) is 6.93. The van der Waals surface area contributed by atoms with E-state index < -0.39 is 0 Å². The average Bonchev–Trinajstić information content (AvgIpc) is 3.23. The summed E-state index contributed by atoms with van der Waals surface area (Å²) in [6, 6.07) is 9.01. The van der Waals surface area contributed by atoms with Crippen molar-refractivity contribution in [3.8, 4) is 0 Å². The van der Waals surface area contributed by atoms with Gasteiger partial charge in [0.2, 0.25) is 0 Å². The SMILES string of the molecule is CCNC(=NCc1cccc(Cn2ccnc2)c1)NC(C)CCCN(CC)CC.I. The molecule has 1 unspecified atom stereocenters. The lowest BCUT2D eigenvalue weighted by atomic mass is 10.1. The second-order valence-corrected chi connectivity index (χ2v) is 7.46. The minimum atomic E-state index is 0. The Morgan fingerprint density at radius 1 is 1.20 bits per heavy atom.